The first-order valence-corrected chi connectivity index (χ1v) is 10.7. The predicted molar refractivity (Wildman–Crippen MR) is 104 cm³/mol. The number of hydrogen-bond donors (Lipinski definition) is 0. The monoisotopic (exact) mass is 376 g/mol. The van der Waals surface area contributed by atoms with E-state index in [2.05, 4.69) is 46.8 Å². The average Bonchev–Trinajstić information content (AvgIpc) is 2.78. The lowest BCUT2D eigenvalue weighted by Crippen LogP contribution is -2.46. The van der Waals surface area contributed by atoms with Crippen LogP contribution in [0, 0.1) is 5.92 Å². The molecule has 2 bridgehead atoms. The van der Waals surface area contributed by atoms with Crippen molar-refractivity contribution in [3.05, 3.63) is 36.0 Å². The smallest absolute Gasteiger partial charge is 0.281 e. The average molecular weight is 377 g/mol. The highest BCUT2D eigenvalue weighted by Gasteiger charge is 2.39. The van der Waals surface area contributed by atoms with Crippen molar-refractivity contribution >= 4 is 21.1 Å². The largest absolute Gasteiger partial charge is 0.346 e. The zero-order chi connectivity index (χ0) is 18.5. The molecule has 0 saturated carbocycles. The first-order valence-electron chi connectivity index (χ1n) is 9.31. The second-order valence-electron chi connectivity index (χ2n) is 7.89. The van der Waals surface area contributed by atoms with Crippen molar-refractivity contribution in [2.24, 2.45) is 13.0 Å². The summed E-state index contributed by atoms with van der Waals surface area (Å²) in [6.07, 6.45) is 2.20. The van der Waals surface area contributed by atoms with Crippen LogP contribution in [-0.2, 0) is 23.8 Å². The van der Waals surface area contributed by atoms with Crippen LogP contribution in [0.3, 0.4) is 0 Å². The van der Waals surface area contributed by atoms with Gasteiger partial charge in [-0.2, -0.15) is 17.0 Å². The maximum Gasteiger partial charge on any atom is 0.281 e. The van der Waals surface area contributed by atoms with Gasteiger partial charge in [-0.3, -0.25) is 4.90 Å². The van der Waals surface area contributed by atoms with E-state index in [-0.39, 0.29) is 0 Å². The van der Waals surface area contributed by atoms with Crippen molar-refractivity contribution in [3.63, 3.8) is 0 Å². The molecule has 7 heteroatoms. The fraction of sp³-hybridized carbons (Fsp3) is 0.579. The summed E-state index contributed by atoms with van der Waals surface area (Å²) in [6.45, 7) is 3.09. The SMILES string of the molecule is CN(C)S(=O)(=O)N1C[C@H]2CC[C@@H](C1)N(Cc1cc3ccccc3n1C)C2. The molecule has 0 N–H and O–H groups in total. The third-order valence-electron chi connectivity index (χ3n) is 6.00. The summed E-state index contributed by atoms with van der Waals surface area (Å²) >= 11 is 0. The molecule has 26 heavy (non-hydrogen) atoms. The number of rotatable bonds is 4. The van der Waals surface area contributed by atoms with Crippen molar-refractivity contribution < 1.29 is 8.42 Å². The van der Waals surface area contributed by atoms with E-state index in [1.54, 1.807) is 18.4 Å². The first-order chi connectivity index (χ1) is 12.4. The van der Waals surface area contributed by atoms with Crippen LogP contribution in [0.1, 0.15) is 18.5 Å². The van der Waals surface area contributed by atoms with Crippen LogP contribution in [0.15, 0.2) is 30.3 Å². The maximum atomic E-state index is 12.6. The molecule has 0 amide bonds. The molecule has 2 aromatic rings. The number of para-hydroxylation sites is 1. The number of piperidine rings is 1. The van der Waals surface area contributed by atoms with E-state index in [4.69, 9.17) is 0 Å². The van der Waals surface area contributed by atoms with Gasteiger partial charge in [-0.1, -0.05) is 18.2 Å². The van der Waals surface area contributed by atoms with Gasteiger partial charge in [-0.05, 0) is 36.3 Å². The lowest BCUT2D eigenvalue weighted by Gasteiger charge is -2.36. The predicted octanol–water partition coefficient (Wildman–Crippen LogP) is 1.88. The number of nitrogens with zero attached hydrogens (tertiary/aromatic N) is 4. The number of hydrogen-bond acceptors (Lipinski definition) is 3. The molecule has 142 valence electrons. The van der Waals surface area contributed by atoms with Crippen molar-refractivity contribution in [1.82, 2.24) is 18.1 Å². The van der Waals surface area contributed by atoms with Gasteiger partial charge >= 0.3 is 0 Å². The summed E-state index contributed by atoms with van der Waals surface area (Å²) < 4.78 is 30.5. The van der Waals surface area contributed by atoms with Crippen LogP contribution in [-0.4, -0.2) is 66.3 Å². The number of aromatic nitrogens is 1. The van der Waals surface area contributed by atoms with E-state index in [9.17, 15) is 8.42 Å². The highest BCUT2D eigenvalue weighted by Crippen LogP contribution is 2.31. The fourth-order valence-electron chi connectivity index (χ4n) is 4.45. The Balaban J connectivity index is 1.58. The second-order valence-corrected chi connectivity index (χ2v) is 10.0. The van der Waals surface area contributed by atoms with Crippen molar-refractivity contribution in [2.75, 3.05) is 33.7 Å². The van der Waals surface area contributed by atoms with Crippen molar-refractivity contribution in [3.8, 4) is 0 Å². The molecule has 1 aromatic carbocycles. The van der Waals surface area contributed by atoms with Crippen LogP contribution in [0.4, 0.5) is 0 Å². The molecule has 5 rings (SSSR count). The standard InChI is InChI=1S/C19H28N4O2S/c1-20(2)26(24,25)23-12-15-8-9-17(14-23)22(11-15)13-18-10-16-6-4-5-7-19(16)21(18)3/h4-7,10,15,17H,8-9,11-14H2,1-3H3/t15-,17-/m0/s1. The van der Waals surface area contributed by atoms with Crippen molar-refractivity contribution in [2.45, 2.75) is 25.4 Å². The van der Waals surface area contributed by atoms with Gasteiger partial charge in [0, 0.05) is 64.6 Å². The summed E-state index contributed by atoms with van der Waals surface area (Å²) in [4.78, 5) is 2.49. The maximum absolute atomic E-state index is 12.6. The third kappa shape index (κ3) is 3.07. The Kier molecular flexibility index (Phi) is 4.59. The Morgan fingerprint density at radius 1 is 1.12 bits per heavy atom. The van der Waals surface area contributed by atoms with E-state index in [1.807, 2.05) is 0 Å². The number of aryl methyl sites for hydroxylation is 1. The Labute approximate surface area is 156 Å². The second kappa shape index (κ2) is 6.64. The number of benzene rings is 1. The minimum Gasteiger partial charge on any atom is -0.346 e. The Morgan fingerprint density at radius 3 is 2.62 bits per heavy atom. The van der Waals surface area contributed by atoms with Crippen LogP contribution in [0.2, 0.25) is 0 Å². The molecular formula is C19H28N4O2S. The summed E-state index contributed by atoms with van der Waals surface area (Å²) in [7, 11) is 2.02. The van der Waals surface area contributed by atoms with Crippen LogP contribution < -0.4 is 0 Å². The lowest BCUT2D eigenvalue weighted by atomic mass is 9.95. The molecule has 1 aromatic heterocycles. The van der Waals surface area contributed by atoms with Gasteiger partial charge < -0.3 is 4.57 Å². The van der Waals surface area contributed by atoms with E-state index >= 15 is 0 Å². The van der Waals surface area contributed by atoms with E-state index in [1.165, 1.54) is 20.9 Å². The van der Waals surface area contributed by atoms with Crippen LogP contribution in [0.5, 0.6) is 0 Å². The van der Waals surface area contributed by atoms with Gasteiger partial charge in [0.15, 0.2) is 0 Å². The molecule has 4 heterocycles. The molecule has 0 spiro atoms. The highest BCUT2D eigenvalue weighted by atomic mass is 32.2. The Hall–Kier alpha value is -1.41. The molecule has 3 saturated heterocycles. The molecular weight excluding hydrogens is 348 g/mol. The van der Waals surface area contributed by atoms with Crippen molar-refractivity contribution in [1.29, 1.82) is 0 Å². The van der Waals surface area contributed by atoms with Gasteiger partial charge in [0.25, 0.3) is 10.2 Å². The molecule has 0 aliphatic carbocycles. The Morgan fingerprint density at radius 2 is 1.88 bits per heavy atom. The molecule has 2 atom stereocenters. The molecule has 3 fully saturated rings. The van der Waals surface area contributed by atoms with E-state index in [0.717, 1.165) is 25.9 Å². The van der Waals surface area contributed by atoms with Gasteiger partial charge in [-0.25, -0.2) is 0 Å². The molecule has 3 aliphatic rings. The third-order valence-corrected chi connectivity index (χ3v) is 7.87. The highest BCUT2D eigenvalue weighted by molar-refractivity contribution is 7.86. The van der Waals surface area contributed by atoms with E-state index in [0.29, 0.717) is 25.0 Å². The van der Waals surface area contributed by atoms with Gasteiger partial charge in [0.2, 0.25) is 0 Å². The zero-order valence-corrected chi connectivity index (χ0v) is 16.6. The lowest BCUT2D eigenvalue weighted by molar-refractivity contribution is 0.123. The zero-order valence-electron chi connectivity index (χ0n) is 15.8. The molecule has 0 unspecified atom stereocenters. The normalized spacial score (nSPS) is 25.2. The van der Waals surface area contributed by atoms with Gasteiger partial charge in [0.05, 0.1) is 0 Å². The quantitative estimate of drug-likeness (QED) is 0.819. The fourth-order valence-corrected chi connectivity index (χ4v) is 5.68. The van der Waals surface area contributed by atoms with Gasteiger partial charge in [0.1, 0.15) is 0 Å². The summed E-state index contributed by atoms with van der Waals surface area (Å²) in [5, 5.41) is 1.27. The van der Waals surface area contributed by atoms with Gasteiger partial charge in [-0.15, -0.1) is 0 Å². The minimum absolute atomic E-state index is 0.293. The summed E-state index contributed by atoms with van der Waals surface area (Å²) in [6, 6.07) is 11.0. The van der Waals surface area contributed by atoms with Crippen LogP contribution in [0.25, 0.3) is 10.9 Å². The topological polar surface area (TPSA) is 48.8 Å². The molecule has 3 aliphatic heterocycles. The minimum atomic E-state index is -3.34. The summed E-state index contributed by atoms with van der Waals surface area (Å²) in [5.74, 6) is 0.415. The summed E-state index contributed by atoms with van der Waals surface area (Å²) in [5.41, 5.74) is 2.54. The molecule has 0 radical (unpaired) electrons. The van der Waals surface area contributed by atoms with E-state index < -0.39 is 10.2 Å². The molecule has 6 nitrogen and oxygen atoms in total. The Bertz CT molecular complexity index is 905. The first kappa shape index (κ1) is 18.0. The number of fused-ring (bicyclic) bond motifs is 5. The van der Waals surface area contributed by atoms with Crippen LogP contribution >= 0.6 is 0 Å².